The molecule has 1 aliphatic rings. The zero-order chi connectivity index (χ0) is 13.3. The van der Waals surface area contributed by atoms with Crippen LogP contribution in [0.2, 0.25) is 0 Å². The molecule has 5 nitrogen and oxygen atoms in total. The topological polar surface area (TPSA) is 74.7 Å². The van der Waals surface area contributed by atoms with Crippen molar-refractivity contribution in [3.05, 3.63) is 29.8 Å². The van der Waals surface area contributed by atoms with Gasteiger partial charge in [0.1, 0.15) is 0 Å². The first-order valence-electron chi connectivity index (χ1n) is 5.75. The fourth-order valence-electron chi connectivity index (χ4n) is 2.12. The minimum absolute atomic E-state index is 0.119. The van der Waals surface area contributed by atoms with Crippen LogP contribution in [0.5, 0.6) is 0 Å². The van der Waals surface area contributed by atoms with E-state index in [4.69, 9.17) is 5.11 Å². The standard InChI is InChI=1S/C12H15NO4S/c1-9-6-7-13(8-9)18(16,17)11-5-3-2-4-10(11)12(14)15/h2-5,9H,6-8H2,1H3,(H,14,15). The van der Waals surface area contributed by atoms with Crippen molar-refractivity contribution in [1.29, 1.82) is 0 Å². The summed E-state index contributed by atoms with van der Waals surface area (Å²) in [7, 11) is -3.69. The summed E-state index contributed by atoms with van der Waals surface area (Å²) in [5.74, 6) is -0.904. The fourth-order valence-corrected chi connectivity index (χ4v) is 3.88. The molecule has 1 aromatic carbocycles. The van der Waals surface area contributed by atoms with E-state index in [-0.39, 0.29) is 10.5 Å². The molecular weight excluding hydrogens is 254 g/mol. The lowest BCUT2D eigenvalue weighted by atomic mass is 10.2. The Labute approximate surface area is 106 Å². The Bertz CT molecular complexity index is 567. The number of hydrogen-bond donors (Lipinski definition) is 1. The van der Waals surface area contributed by atoms with E-state index < -0.39 is 16.0 Å². The largest absolute Gasteiger partial charge is 0.478 e. The molecule has 1 N–H and O–H groups in total. The van der Waals surface area contributed by atoms with Gasteiger partial charge in [-0.2, -0.15) is 4.31 Å². The van der Waals surface area contributed by atoms with Gasteiger partial charge in [0.15, 0.2) is 0 Å². The zero-order valence-electron chi connectivity index (χ0n) is 10.0. The van der Waals surface area contributed by atoms with Crippen LogP contribution in [0.1, 0.15) is 23.7 Å². The number of rotatable bonds is 3. The maximum absolute atomic E-state index is 12.4. The third-order valence-corrected chi connectivity index (χ3v) is 5.05. The predicted molar refractivity (Wildman–Crippen MR) is 65.9 cm³/mol. The minimum Gasteiger partial charge on any atom is -0.478 e. The Balaban J connectivity index is 2.45. The van der Waals surface area contributed by atoms with E-state index >= 15 is 0 Å². The number of carboxylic acid groups (broad SMARTS) is 1. The normalized spacial score (nSPS) is 21.1. The van der Waals surface area contributed by atoms with Gasteiger partial charge in [0.2, 0.25) is 10.0 Å². The molecule has 1 atom stereocenters. The van der Waals surface area contributed by atoms with Gasteiger partial charge >= 0.3 is 5.97 Å². The van der Waals surface area contributed by atoms with Crippen molar-refractivity contribution in [2.75, 3.05) is 13.1 Å². The van der Waals surface area contributed by atoms with Crippen LogP contribution in [0.15, 0.2) is 29.2 Å². The monoisotopic (exact) mass is 269 g/mol. The van der Waals surface area contributed by atoms with Gasteiger partial charge in [0, 0.05) is 13.1 Å². The lowest BCUT2D eigenvalue weighted by Gasteiger charge is -2.17. The van der Waals surface area contributed by atoms with Crippen LogP contribution in [0.4, 0.5) is 0 Å². The second-order valence-electron chi connectivity index (χ2n) is 4.56. The number of nitrogens with zero attached hydrogens (tertiary/aromatic N) is 1. The second kappa shape index (κ2) is 4.70. The molecule has 1 saturated heterocycles. The molecule has 2 rings (SSSR count). The molecule has 18 heavy (non-hydrogen) atoms. The summed E-state index contributed by atoms with van der Waals surface area (Å²) >= 11 is 0. The summed E-state index contributed by atoms with van der Waals surface area (Å²) in [5, 5.41) is 9.04. The van der Waals surface area contributed by atoms with Crippen LogP contribution in [0.3, 0.4) is 0 Å². The number of hydrogen-bond acceptors (Lipinski definition) is 3. The van der Waals surface area contributed by atoms with Gasteiger partial charge in [-0.15, -0.1) is 0 Å². The van der Waals surface area contributed by atoms with E-state index in [0.29, 0.717) is 19.0 Å². The predicted octanol–water partition coefficient (Wildman–Crippen LogP) is 1.42. The Kier molecular flexibility index (Phi) is 3.41. The average molecular weight is 269 g/mol. The molecule has 0 aromatic heterocycles. The molecular formula is C12H15NO4S. The minimum atomic E-state index is -3.69. The first kappa shape index (κ1) is 13.0. The molecule has 0 bridgehead atoms. The van der Waals surface area contributed by atoms with Crippen molar-refractivity contribution in [1.82, 2.24) is 4.31 Å². The van der Waals surface area contributed by atoms with Crippen LogP contribution in [0.25, 0.3) is 0 Å². The van der Waals surface area contributed by atoms with Crippen molar-refractivity contribution in [2.24, 2.45) is 5.92 Å². The van der Waals surface area contributed by atoms with Crippen molar-refractivity contribution in [3.8, 4) is 0 Å². The van der Waals surface area contributed by atoms with Gasteiger partial charge in [-0.25, -0.2) is 13.2 Å². The molecule has 98 valence electrons. The first-order chi connectivity index (χ1) is 8.43. The van der Waals surface area contributed by atoms with Crippen LogP contribution >= 0.6 is 0 Å². The SMILES string of the molecule is CC1CCN(S(=O)(=O)c2ccccc2C(=O)O)C1. The van der Waals surface area contributed by atoms with E-state index in [2.05, 4.69) is 0 Å². The maximum atomic E-state index is 12.4. The number of aromatic carboxylic acids is 1. The number of carboxylic acids is 1. The molecule has 0 radical (unpaired) electrons. The lowest BCUT2D eigenvalue weighted by molar-refractivity contribution is 0.0692. The van der Waals surface area contributed by atoms with Crippen LogP contribution in [0, 0.1) is 5.92 Å². The van der Waals surface area contributed by atoms with Crippen LogP contribution in [-0.4, -0.2) is 36.9 Å². The van der Waals surface area contributed by atoms with E-state index in [0.717, 1.165) is 6.42 Å². The van der Waals surface area contributed by atoms with E-state index in [1.54, 1.807) is 6.07 Å². The highest BCUT2D eigenvalue weighted by molar-refractivity contribution is 7.89. The first-order valence-corrected chi connectivity index (χ1v) is 7.19. The van der Waals surface area contributed by atoms with Gasteiger partial charge in [0.25, 0.3) is 0 Å². The number of carbonyl (C=O) groups is 1. The molecule has 1 aliphatic heterocycles. The molecule has 0 spiro atoms. The lowest BCUT2D eigenvalue weighted by Crippen LogP contribution is -2.29. The summed E-state index contributed by atoms with van der Waals surface area (Å²) in [6, 6.07) is 5.73. The van der Waals surface area contributed by atoms with Crippen molar-refractivity contribution < 1.29 is 18.3 Å². The molecule has 1 fully saturated rings. The zero-order valence-corrected chi connectivity index (χ0v) is 10.9. The summed E-state index contributed by atoms with van der Waals surface area (Å²) < 4.78 is 26.1. The molecule has 6 heteroatoms. The van der Waals surface area contributed by atoms with E-state index in [1.165, 1.54) is 22.5 Å². The Morgan fingerprint density at radius 3 is 2.61 bits per heavy atom. The second-order valence-corrected chi connectivity index (χ2v) is 6.46. The summed E-state index contributed by atoms with van der Waals surface area (Å²) in [6.45, 7) is 2.90. The third-order valence-electron chi connectivity index (χ3n) is 3.12. The van der Waals surface area contributed by atoms with Gasteiger partial charge in [-0.3, -0.25) is 0 Å². The van der Waals surface area contributed by atoms with E-state index in [1.807, 2.05) is 6.92 Å². The highest BCUT2D eigenvalue weighted by Gasteiger charge is 2.33. The Morgan fingerprint density at radius 1 is 1.39 bits per heavy atom. The molecule has 1 unspecified atom stereocenters. The van der Waals surface area contributed by atoms with Gasteiger partial charge in [0.05, 0.1) is 10.5 Å². The smallest absolute Gasteiger partial charge is 0.337 e. The van der Waals surface area contributed by atoms with Gasteiger partial charge < -0.3 is 5.11 Å². The Morgan fingerprint density at radius 2 is 2.06 bits per heavy atom. The fraction of sp³-hybridized carbons (Fsp3) is 0.417. The summed E-state index contributed by atoms with van der Waals surface area (Å²) in [6.07, 6.45) is 0.814. The molecule has 0 amide bonds. The summed E-state index contributed by atoms with van der Waals surface area (Å²) in [4.78, 5) is 10.9. The quantitative estimate of drug-likeness (QED) is 0.900. The number of sulfonamides is 1. The maximum Gasteiger partial charge on any atom is 0.337 e. The molecule has 1 heterocycles. The van der Waals surface area contributed by atoms with Gasteiger partial charge in [-0.05, 0) is 24.5 Å². The average Bonchev–Trinajstić information content (AvgIpc) is 2.76. The van der Waals surface area contributed by atoms with E-state index in [9.17, 15) is 13.2 Å². The van der Waals surface area contributed by atoms with Crippen LogP contribution in [-0.2, 0) is 10.0 Å². The molecule has 0 aliphatic carbocycles. The van der Waals surface area contributed by atoms with Crippen molar-refractivity contribution in [2.45, 2.75) is 18.2 Å². The molecule has 1 aromatic rings. The van der Waals surface area contributed by atoms with Crippen molar-refractivity contribution >= 4 is 16.0 Å². The van der Waals surface area contributed by atoms with Gasteiger partial charge in [-0.1, -0.05) is 19.1 Å². The summed E-state index contributed by atoms with van der Waals surface area (Å²) in [5.41, 5.74) is -0.169. The highest BCUT2D eigenvalue weighted by Crippen LogP contribution is 2.26. The molecule has 0 saturated carbocycles. The number of benzene rings is 1. The Hall–Kier alpha value is -1.40. The third kappa shape index (κ3) is 2.26. The van der Waals surface area contributed by atoms with Crippen LogP contribution < -0.4 is 0 Å². The van der Waals surface area contributed by atoms with Crippen molar-refractivity contribution in [3.63, 3.8) is 0 Å². The highest BCUT2D eigenvalue weighted by atomic mass is 32.2.